The van der Waals surface area contributed by atoms with Crippen molar-refractivity contribution in [3.63, 3.8) is 0 Å². The minimum atomic E-state index is -1.05. The molecule has 4 heteroatoms. The fraction of sp³-hybridized carbons (Fsp3) is 0.714. The van der Waals surface area contributed by atoms with E-state index in [0.29, 0.717) is 4.99 Å². The van der Waals surface area contributed by atoms with Crippen LogP contribution in [0.1, 0.15) is 13.3 Å². The van der Waals surface area contributed by atoms with Crippen LogP contribution in [-0.4, -0.2) is 30.0 Å². The molecule has 0 N–H and O–H groups in total. The average molecular weight is 174 g/mol. The van der Waals surface area contributed by atoms with E-state index in [1.54, 1.807) is 25.9 Å². The fourth-order valence-corrected chi connectivity index (χ4v) is 0.861. The van der Waals surface area contributed by atoms with E-state index in [2.05, 4.69) is 0 Å². The van der Waals surface area contributed by atoms with Crippen molar-refractivity contribution in [2.24, 2.45) is 5.92 Å². The number of hydrogen-bond acceptors (Lipinski definition) is 3. The van der Waals surface area contributed by atoms with Gasteiger partial charge in [-0.05, 0) is 6.42 Å². The van der Waals surface area contributed by atoms with Crippen molar-refractivity contribution in [2.45, 2.75) is 13.3 Å². The number of carboxylic acids is 1. The standard InChI is InChI=1S/C7H13NO2S/c1-5(4-6(9)10)7(11)8(2)3/h5H,4H2,1-3H3,(H,9,10)/p-1. The monoisotopic (exact) mass is 174 g/mol. The largest absolute Gasteiger partial charge is 0.550 e. The summed E-state index contributed by atoms with van der Waals surface area (Å²) in [7, 11) is 3.60. The number of hydrogen-bond donors (Lipinski definition) is 0. The lowest BCUT2D eigenvalue weighted by Gasteiger charge is -2.20. The van der Waals surface area contributed by atoms with Crippen LogP contribution < -0.4 is 5.11 Å². The lowest BCUT2D eigenvalue weighted by Crippen LogP contribution is -2.32. The van der Waals surface area contributed by atoms with E-state index in [0.717, 1.165) is 0 Å². The maximum Gasteiger partial charge on any atom is 0.0806 e. The van der Waals surface area contributed by atoms with Gasteiger partial charge < -0.3 is 14.8 Å². The summed E-state index contributed by atoms with van der Waals surface area (Å²) >= 11 is 4.95. The Bertz CT molecular complexity index is 168. The molecule has 0 fully saturated rings. The Morgan fingerprint density at radius 3 is 2.36 bits per heavy atom. The van der Waals surface area contributed by atoms with E-state index in [4.69, 9.17) is 12.2 Å². The van der Waals surface area contributed by atoms with Gasteiger partial charge in [0, 0.05) is 26.0 Å². The quantitative estimate of drug-likeness (QED) is 0.549. The second-order valence-corrected chi connectivity index (χ2v) is 3.13. The van der Waals surface area contributed by atoms with E-state index in [1.807, 2.05) is 0 Å². The van der Waals surface area contributed by atoms with Gasteiger partial charge in [0.15, 0.2) is 0 Å². The van der Waals surface area contributed by atoms with Gasteiger partial charge in [0.05, 0.1) is 4.99 Å². The molecule has 0 spiro atoms. The van der Waals surface area contributed by atoms with E-state index in [-0.39, 0.29) is 12.3 Å². The molecule has 0 aromatic carbocycles. The van der Waals surface area contributed by atoms with Gasteiger partial charge in [-0.1, -0.05) is 19.1 Å². The molecule has 0 aromatic rings. The first-order valence-electron chi connectivity index (χ1n) is 3.36. The molecule has 11 heavy (non-hydrogen) atoms. The summed E-state index contributed by atoms with van der Waals surface area (Å²) in [5.41, 5.74) is 0. The molecule has 0 rings (SSSR count). The highest BCUT2D eigenvalue weighted by atomic mass is 32.1. The summed E-state index contributed by atoms with van der Waals surface area (Å²) in [4.78, 5) is 12.5. The third-order valence-corrected chi connectivity index (χ3v) is 2.10. The van der Waals surface area contributed by atoms with Gasteiger partial charge in [0.2, 0.25) is 0 Å². The molecule has 0 radical (unpaired) electrons. The zero-order chi connectivity index (χ0) is 9.02. The van der Waals surface area contributed by atoms with E-state index >= 15 is 0 Å². The number of rotatable bonds is 3. The summed E-state index contributed by atoms with van der Waals surface area (Å²) in [6, 6.07) is 0. The molecule has 0 aliphatic carbocycles. The van der Waals surface area contributed by atoms with Crippen molar-refractivity contribution in [2.75, 3.05) is 14.1 Å². The van der Waals surface area contributed by atoms with Crippen LogP contribution in [0.3, 0.4) is 0 Å². The van der Waals surface area contributed by atoms with Crippen molar-refractivity contribution in [3.05, 3.63) is 0 Å². The Hall–Kier alpha value is -0.640. The molecule has 0 saturated carbocycles. The molecule has 3 nitrogen and oxygen atoms in total. The minimum Gasteiger partial charge on any atom is -0.550 e. The molecular formula is C7H12NO2S-. The predicted molar refractivity (Wildman–Crippen MR) is 45.1 cm³/mol. The number of thiocarbonyl (C=S) groups is 1. The third-order valence-electron chi connectivity index (χ3n) is 1.34. The Labute approximate surface area is 72.0 Å². The number of carbonyl (C=O) groups excluding carboxylic acids is 1. The van der Waals surface area contributed by atoms with Gasteiger partial charge in [-0.25, -0.2) is 0 Å². The van der Waals surface area contributed by atoms with Crippen molar-refractivity contribution in [1.82, 2.24) is 4.90 Å². The minimum absolute atomic E-state index is 0.00296. The van der Waals surface area contributed by atoms with Gasteiger partial charge in [0.25, 0.3) is 0 Å². The second-order valence-electron chi connectivity index (χ2n) is 2.71. The van der Waals surface area contributed by atoms with Crippen LogP contribution in [0.5, 0.6) is 0 Å². The molecule has 0 amide bonds. The van der Waals surface area contributed by atoms with Gasteiger partial charge in [0.1, 0.15) is 0 Å². The molecule has 0 heterocycles. The Morgan fingerprint density at radius 2 is 2.09 bits per heavy atom. The number of carbonyl (C=O) groups is 1. The molecular weight excluding hydrogens is 162 g/mol. The Morgan fingerprint density at radius 1 is 1.64 bits per heavy atom. The highest BCUT2D eigenvalue weighted by Crippen LogP contribution is 2.05. The Kier molecular flexibility index (Phi) is 4.03. The first-order chi connectivity index (χ1) is 4.95. The van der Waals surface area contributed by atoms with Gasteiger partial charge >= 0.3 is 0 Å². The summed E-state index contributed by atoms with van der Waals surface area (Å²) in [6.45, 7) is 1.78. The molecule has 0 saturated heterocycles. The van der Waals surface area contributed by atoms with Crippen LogP contribution >= 0.6 is 12.2 Å². The van der Waals surface area contributed by atoms with Crippen molar-refractivity contribution in [1.29, 1.82) is 0 Å². The van der Waals surface area contributed by atoms with E-state index in [1.165, 1.54) is 0 Å². The molecule has 1 atom stereocenters. The highest BCUT2D eigenvalue weighted by molar-refractivity contribution is 7.80. The van der Waals surface area contributed by atoms with Crippen LogP contribution in [0, 0.1) is 5.92 Å². The molecule has 0 aromatic heterocycles. The second kappa shape index (κ2) is 4.28. The molecule has 0 aliphatic rings. The summed E-state index contributed by atoms with van der Waals surface area (Å²) < 4.78 is 0. The molecule has 1 unspecified atom stereocenters. The van der Waals surface area contributed by atoms with Crippen LogP contribution in [0.4, 0.5) is 0 Å². The van der Waals surface area contributed by atoms with Crippen LogP contribution in [-0.2, 0) is 4.79 Å². The number of carboxylic acid groups (broad SMARTS) is 1. The van der Waals surface area contributed by atoms with Gasteiger partial charge in [-0.3, -0.25) is 0 Å². The highest BCUT2D eigenvalue weighted by Gasteiger charge is 2.09. The number of aliphatic carboxylic acids is 1. The average Bonchev–Trinajstić information content (AvgIpc) is 1.84. The van der Waals surface area contributed by atoms with Crippen molar-refractivity contribution in [3.8, 4) is 0 Å². The maximum atomic E-state index is 10.1. The van der Waals surface area contributed by atoms with Crippen molar-refractivity contribution >= 4 is 23.2 Å². The normalized spacial score (nSPS) is 12.3. The van der Waals surface area contributed by atoms with Gasteiger partial charge in [-0.15, -0.1) is 0 Å². The lowest BCUT2D eigenvalue weighted by atomic mass is 10.1. The third kappa shape index (κ3) is 3.93. The van der Waals surface area contributed by atoms with Crippen LogP contribution in [0.2, 0.25) is 0 Å². The first kappa shape index (κ1) is 10.4. The predicted octanol–water partition coefficient (Wildman–Crippen LogP) is -0.349. The first-order valence-corrected chi connectivity index (χ1v) is 3.77. The topological polar surface area (TPSA) is 43.4 Å². The van der Waals surface area contributed by atoms with E-state index < -0.39 is 5.97 Å². The zero-order valence-electron chi connectivity index (χ0n) is 6.96. The summed E-state index contributed by atoms with van der Waals surface area (Å²) in [6.07, 6.45) is -0.00296. The lowest BCUT2D eigenvalue weighted by molar-refractivity contribution is -0.306. The molecule has 0 aliphatic heterocycles. The van der Waals surface area contributed by atoms with Crippen LogP contribution in [0.15, 0.2) is 0 Å². The van der Waals surface area contributed by atoms with E-state index in [9.17, 15) is 9.90 Å². The van der Waals surface area contributed by atoms with Crippen LogP contribution in [0.25, 0.3) is 0 Å². The SMILES string of the molecule is CC(CC(=O)[O-])C(=S)N(C)C. The summed E-state index contributed by atoms with van der Waals surface area (Å²) in [5.74, 6) is -1.17. The smallest absolute Gasteiger partial charge is 0.0806 e. The van der Waals surface area contributed by atoms with Crippen molar-refractivity contribution < 1.29 is 9.90 Å². The summed E-state index contributed by atoms with van der Waals surface area (Å²) in [5, 5.41) is 10.1. The zero-order valence-corrected chi connectivity index (χ0v) is 7.77. The fourth-order valence-electron chi connectivity index (χ4n) is 0.778. The Balaban J connectivity index is 3.93. The molecule has 64 valence electrons. The number of nitrogens with zero attached hydrogens (tertiary/aromatic N) is 1. The maximum absolute atomic E-state index is 10.1. The molecule has 0 bridgehead atoms. The van der Waals surface area contributed by atoms with Gasteiger partial charge in [-0.2, -0.15) is 0 Å².